The van der Waals surface area contributed by atoms with Crippen LogP contribution in [0.3, 0.4) is 0 Å². The first kappa shape index (κ1) is 15.3. The molecule has 1 aromatic heterocycles. The van der Waals surface area contributed by atoms with Gasteiger partial charge in [-0.3, -0.25) is 4.79 Å². The average molecular weight is 284 g/mol. The maximum absolute atomic E-state index is 13.1. The van der Waals surface area contributed by atoms with Gasteiger partial charge in [0.1, 0.15) is 6.61 Å². The summed E-state index contributed by atoms with van der Waals surface area (Å²) in [5.74, 6) is -3.81. The Hall–Kier alpha value is -1.77. The standard InChI is InChI=1S/C10H9F5N2O2/c11-7-6(1-2-16-8(7)12)9(18)17-3-4-19-5-10(13,14)15/h1-2H,3-5H2,(H,17,18). The van der Waals surface area contributed by atoms with Crippen molar-refractivity contribution in [3.63, 3.8) is 0 Å². The van der Waals surface area contributed by atoms with Crippen molar-refractivity contribution in [1.82, 2.24) is 10.3 Å². The van der Waals surface area contributed by atoms with Crippen molar-refractivity contribution in [2.75, 3.05) is 19.8 Å². The lowest BCUT2D eigenvalue weighted by molar-refractivity contribution is -0.173. The van der Waals surface area contributed by atoms with Crippen LogP contribution in [-0.2, 0) is 4.74 Å². The molecule has 1 rings (SSSR count). The summed E-state index contributed by atoms with van der Waals surface area (Å²) in [4.78, 5) is 14.3. The Morgan fingerprint density at radius 1 is 1.37 bits per heavy atom. The highest BCUT2D eigenvalue weighted by atomic mass is 19.4. The van der Waals surface area contributed by atoms with E-state index < -0.39 is 42.6 Å². The van der Waals surface area contributed by atoms with E-state index in [0.29, 0.717) is 0 Å². The van der Waals surface area contributed by atoms with E-state index in [4.69, 9.17) is 0 Å². The van der Waals surface area contributed by atoms with Crippen molar-refractivity contribution in [3.05, 3.63) is 29.6 Å². The Morgan fingerprint density at radius 3 is 2.68 bits per heavy atom. The van der Waals surface area contributed by atoms with Crippen molar-refractivity contribution < 1.29 is 31.5 Å². The maximum atomic E-state index is 13.1. The summed E-state index contributed by atoms with van der Waals surface area (Å²) in [7, 11) is 0. The largest absolute Gasteiger partial charge is 0.411 e. The third-order valence-corrected chi connectivity index (χ3v) is 1.89. The van der Waals surface area contributed by atoms with Crippen LogP contribution in [0.15, 0.2) is 12.3 Å². The summed E-state index contributed by atoms with van der Waals surface area (Å²) >= 11 is 0. The summed E-state index contributed by atoms with van der Waals surface area (Å²) in [6, 6.07) is 0.949. The number of ether oxygens (including phenoxy) is 1. The van der Waals surface area contributed by atoms with E-state index in [1.807, 2.05) is 0 Å². The molecule has 1 N–H and O–H groups in total. The van der Waals surface area contributed by atoms with E-state index in [9.17, 15) is 26.7 Å². The molecular formula is C10H9F5N2O2. The van der Waals surface area contributed by atoms with Crippen LogP contribution in [-0.4, -0.2) is 36.8 Å². The van der Waals surface area contributed by atoms with Gasteiger partial charge in [-0.15, -0.1) is 0 Å². The molecule has 0 saturated heterocycles. The number of amides is 1. The molecule has 0 radical (unpaired) electrons. The third-order valence-electron chi connectivity index (χ3n) is 1.89. The number of nitrogens with one attached hydrogen (secondary N) is 1. The quantitative estimate of drug-likeness (QED) is 0.508. The van der Waals surface area contributed by atoms with E-state index in [0.717, 1.165) is 12.3 Å². The van der Waals surface area contributed by atoms with Crippen LogP contribution in [0.2, 0.25) is 0 Å². The van der Waals surface area contributed by atoms with Crippen LogP contribution in [0.1, 0.15) is 10.4 Å². The number of aromatic nitrogens is 1. The van der Waals surface area contributed by atoms with E-state index in [1.54, 1.807) is 0 Å². The number of nitrogens with zero attached hydrogens (tertiary/aromatic N) is 1. The normalized spacial score (nSPS) is 11.4. The van der Waals surface area contributed by atoms with Crippen LogP contribution in [0.25, 0.3) is 0 Å². The van der Waals surface area contributed by atoms with E-state index >= 15 is 0 Å². The number of rotatable bonds is 5. The molecule has 0 fully saturated rings. The Balaban J connectivity index is 2.38. The SMILES string of the molecule is O=C(NCCOCC(F)(F)F)c1ccnc(F)c1F. The second-order valence-electron chi connectivity index (χ2n) is 3.39. The molecule has 0 spiro atoms. The highest BCUT2D eigenvalue weighted by Gasteiger charge is 2.27. The Kier molecular flexibility index (Phi) is 5.16. The third kappa shape index (κ3) is 5.16. The Bertz CT molecular complexity index is 450. The van der Waals surface area contributed by atoms with E-state index in [1.165, 1.54) is 0 Å². The van der Waals surface area contributed by atoms with Crippen LogP contribution >= 0.6 is 0 Å². The highest BCUT2D eigenvalue weighted by Crippen LogP contribution is 2.14. The number of alkyl halides is 3. The van der Waals surface area contributed by atoms with Crippen molar-refractivity contribution >= 4 is 5.91 Å². The molecule has 0 aliphatic carbocycles. The maximum Gasteiger partial charge on any atom is 0.411 e. The number of halogens is 5. The van der Waals surface area contributed by atoms with Gasteiger partial charge in [-0.05, 0) is 6.07 Å². The first-order valence-electron chi connectivity index (χ1n) is 5.04. The highest BCUT2D eigenvalue weighted by molar-refractivity contribution is 5.94. The van der Waals surface area contributed by atoms with Gasteiger partial charge in [0.2, 0.25) is 5.95 Å². The fraction of sp³-hybridized carbons (Fsp3) is 0.400. The zero-order chi connectivity index (χ0) is 14.5. The molecule has 1 amide bonds. The fourth-order valence-electron chi connectivity index (χ4n) is 1.11. The van der Waals surface area contributed by atoms with Crippen molar-refractivity contribution in [2.45, 2.75) is 6.18 Å². The zero-order valence-electron chi connectivity index (χ0n) is 9.43. The van der Waals surface area contributed by atoms with E-state index in [2.05, 4.69) is 15.0 Å². The van der Waals surface area contributed by atoms with Gasteiger partial charge in [0.05, 0.1) is 12.2 Å². The van der Waals surface area contributed by atoms with E-state index in [-0.39, 0.29) is 6.54 Å². The van der Waals surface area contributed by atoms with Gasteiger partial charge in [0.25, 0.3) is 5.91 Å². The lowest BCUT2D eigenvalue weighted by Crippen LogP contribution is -2.29. The fourth-order valence-corrected chi connectivity index (χ4v) is 1.11. The molecule has 0 aliphatic heterocycles. The lowest BCUT2D eigenvalue weighted by atomic mass is 10.2. The molecular weight excluding hydrogens is 275 g/mol. The molecule has 19 heavy (non-hydrogen) atoms. The topological polar surface area (TPSA) is 51.2 Å². The monoisotopic (exact) mass is 284 g/mol. The summed E-state index contributed by atoms with van der Waals surface area (Å²) in [5, 5.41) is 2.09. The summed E-state index contributed by atoms with van der Waals surface area (Å²) in [5.41, 5.74) is -0.580. The number of carbonyl (C=O) groups is 1. The number of pyridine rings is 1. The molecule has 4 nitrogen and oxygen atoms in total. The molecule has 0 saturated carbocycles. The van der Waals surface area contributed by atoms with Gasteiger partial charge in [-0.2, -0.15) is 17.6 Å². The van der Waals surface area contributed by atoms with Crippen molar-refractivity contribution in [3.8, 4) is 0 Å². The van der Waals surface area contributed by atoms with Crippen LogP contribution in [0, 0.1) is 11.8 Å². The number of carbonyl (C=O) groups excluding carboxylic acids is 1. The Labute approximate surface area is 104 Å². The summed E-state index contributed by atoms with van der Waals surface area (Å²) in [6.45, 7) is -2.11. The molecule has 9 heteroatoms. The van der Waals surface area contributed by atoms with Gasteiger partial charge in [0, 0.05) is 12.7 Å². The molecule has 0 bridgehead atoms. The minimum Gasteiger partial charge on any atom is -0.370 e. The minimum atomic E-state index is -4.45. The van der Waals surface area contributed by atoms with Crippen LogP contribution < -0.4 is 5.32 Å². The summed E-state index contributed by atoms with van der Waals surface area (Å²) < 4.78 is 65.1. The predicted molar refractivity (Wildman–Crippen MR) is 53.4 cm³/mol. The summed E-state index contributed by atoms with van der Waals surface area (Å²) in [6.07, 6.45) is -3.56. The molecule has 0 atom stereocenters. The van der Waals surface area contributed by atoms with Gasteiger partial charge < -0.3 is 10.1 Å². The van der Waals surface area contributed by atoms with Crippen molar-refractivity contribution in [1.29, 1.82) is 0 Å². The molecule has 1 heterocycles. The first-order chi connectivity index (χ1) is 8.81. The molecule has 0 aliphatic rings. The smallest absolute Gasteiger partial charge is 0.370 e. The molecule has 106 valence electrons. The van der Waals surface area contributed by atoms with Crippen molar-refractivity contribution in [2.24, 2.45) is 0 Å². The minimum absolute atomic E-state index is 0.266. The number of hydrogen-bond acceptors (Lipinski definition) is 3. The van der Waals surface area contributed by atoms with Gasteiger partial charge in [-0.1, -0.05) is 0 Å². The zero-order valence-corrected chi connectivity index (χ0v) is 9.43. The molecule has 0 unspecified atom stereocenters. The van der Waals surface area contributed by atoms with Gasteiger partial charge in [-0.25, -0.2) is 9.37 Å². The second-order valence-corrected chi connectivity index (χ2v) is 3.39. The Morgan fingerprint density at radius 2 is 2.05 bits per heavy atom. The molecule has 0 aromatic carbocycles. The van der Waals surface area contributed by atoms with Gasteiger partial charge >= 0.3 is 6.18 Å². The average Bonchev–Trinajstić information content (AvgIpc) is 2.30. The van der Waals surface area contributed by atoms with Crippen LogP contribution in [0.5, 0.6) is 0 Å². The first-order valence-corrected chi connectivity index (χ1v) is 5.04. The molecule has 1 aromatic rings. The number of hydrogen-bond donors (Lipinski definition) is 1. The lowest BCUT2D eigenvalue weighted by Gasteiger charge is -2.08. The second kappa shape index (κ2) is 6.41. The predicted octanol–water partition coefficient (Wildman–Crippen LogP) is 1.67. The van der Waals surface area contributed by atoms with Gasteiger partial charge in [0.15, 0.2) is 5.82 Å². The van der Waals surface area contributed by atoms with Crippen LogP contribution in [0.4, 0.5) is 22.0 Å².